The average Bonchev–Trinajstić information content (AvgIpc) is 2.42. The van der Waals surface area contributed by atoms with Crippen LogP contribution in [-0.2, 0) is 0 Å². The number of aromatic nitrogens is 1. The highest BCUT2D eigenvalue weighted by molar-refractivity contribution is 9.10. The number of nitrogens with zero attached hydrogens (tertiary/aromatic N) is 3. The molecule has 3 rings (SSSR count). The smallest absolute Gasteiger partial charge is 0.0467 e. The first-order chi connectivity index (χ1) is 9.70. The maximum atomic E-state index is 4.66. The number of halogens is 1. The number of rotatable bonds is 2. The third-order valence-electron chi connectivity index (χ3n) is 4.59. The normalized spacial score (nSPS) is 32.9. The van der Waals surface area contributed by atoms with E-state index >= 15 is 0 Å². The van der Waals surface area contributed by atoms with Gasteiger partial charge in [0.15, 0.2) is 0 Å². The maximum Gasteiger partial charge on any atom is 0.0467 e. The van der Waals surface area contributed by atoms with Gasteiger partial charge in [-0.15, -0.1) is 0 Å². The molecule has 1 aromatic rings. The molecule has 0 bridgehead atoms. The number of hydrogen-bond donors (Lipinski definition) is 0. The summed E-state index contributed by atoms with van der Waals surface area (Å²) in [6.45, 7) is 5.56. The van der Waals surface area contributed by atoms with Crippen molar-refractivity contribution in [1.29, 1.82) is 0 Å². The summed E-state index contributed by atoms with van der Waals surface area (Å²) in [6.07, 6.45) is 7.72. The Kier molecular flexibility index (Phi) is 4.24. The molecule has 20 heavy (non-hydrogen) atoms. The zero-order valence-electron chi connectivity index (χ0n) is 12.2. The van der Waals surface area contributed by atoms with E-state index in [1.165, 1.54) is 12.1 Å². The molecule has 1 fully saturated rings. The second-order valence-electron chi connectivity index (χ2n) is 5.86. The molecule has 1 aromatic heterocycles. The summed E-state index contributed by atoms with van der Waals surface area (Å²) in [5.74, 6) is 0.571. The molecule has 3 heterocycles. The lowest BCUT2D eigenvalue weighted by molar-refractivity contribution is -0.0242. The molecule has 2 aliphatic rings. The Morgan fingerprint density at radius 3 is 2.80 bits per heavy atom. The van der Waals surface area contributed by atoms with Crippen LogP contribution < -0.4 is 0 Å². The van der Waals surface area contributed by atoms with Crippen molar-refractivity contribution in [3.05, 3.63) is 40.6 Å². The first-order valence-corrected chi connectivity index (χ1v) is 8.20. The Morgan fingerprint density at radius 2 is 2.10 bits per heavy atom. The topological polar surface area (TPSA) is 19.4 Å². The fourth-order valence-electron chi connectivity index (χ4n) is 3.61. The standard InChI is InChI=1S/C16H22BrN3/c1-3-14-16(13-7-6-12(17)10-18-13)15-11-19(2)8-4-5-9-20(14)15/h4-7,10,14-16H,3,8-9,11H2,1-2H3/b5-4-/t14-,15?,16+/m1/s1. The van der Waals surface area contributed by atoms with Crippen LogP contribution in [0.25, 0.3) is 0 Å². The molecule has 1 saturated heterocycles. The lowest BCUT2D eigenvalue weighted by Gasteiger charge is -2.56. The van der Waals surface area contributed by atoms with E-state index in [4.69, 9.17) is 0 Å². The van der Waals surface area contributed by atoms with Crippen LogP contribution in [0.1, 0.15) is 25.0 Å². The van der Waals surface area contributed by atoms with E-state index in [9.17, 15) is 0 Å². The minimum absolute atomic E-state index is 0.571. The molecule has 108 valence electrons. The van der Waals surface area contributed by atoms with Gasteiger partial charge in [0.1, 0.15) is 0 Å². The van der Waals surface area contributed by atoms with Gasteiger partial charge in [0.05, 0.1) is 0 Å². The van der Waals surface area contributed by atoms with Gasteiger partial charge in [-0.1, -0.05) is 19.1 Å². The van der Waals surface area contributed by atoms with Crippen LogP contribution in [0.5, 0.6) is 0 Å². The molecular formula is C16H22BrN3. The molecule has 3 nitrogen and oxygen atoms in total. The van der Waals surface area contributed by atoms with E-state index in [0.29, 0.717) is 18.0 Å². The number of hydrogen-bond acceptors (Lipinski definition) is 3. The molecule has 1 unspecified atom stereocenters. The largest absolute Gasteiger partial charge is 0.301 e. The Labute approximate surface area is 129 Å². The fourth-order valence-corrected chi connectivity index (χ4v) is 3.85. The molecular weight excluding hydrogens is 314 g/mol. The van der Waals surface area contributed by atoms with Crippen LogP contribution in [0.3, 0.4) is 0 Å². The van der Waals surface area contributed by atoms with E-state index in [1.807, 2.05) is 6.20 Å². The molecule has 0 spiro atoms. The molecule has 0 N–H and O–H groups in total. The van der Waals surface area contributed by atoms with Crippen LogP contribution >= 0.6 is 15.9 Å². The van der Waals surface area contributed by atoms with Crippen molar-refractivity contribution >= 4 is 15.9 Å². The van der Waals surface area contributed by atoms with Gasteiger partial charge in [-0.2, -0.15) is 0 Å². The molecule has 2 aliphatic heterocycles. The highest BCUT2D eigenvalue weighted by Gasteiger charge is 2.48. The predicted octanol–water partition coefficient (Wildman–Crippen LogP) is 2.89. The molecule has 4 heteroatoms. The van der Waals surface area contributed by atoms with Gasteiger partial charge in [0, 0.05) is 54.0 Å². The summed E-state index contributed by atoms with van der Waals surface area (Å²) in [7, 11) is 2.21. The van der Waals surface area contributed by atoms with Crippen molar-refractivity contribution in [1.82, 2.24) is 14.8 Å². The lowest BCUT2D eigenvalue weighted by Crippen LogP contribution is -2.65. The Hall–Kier alpha value is -0.710. The van der Waals surface area contributed by atoms with Gasteiger partial charge in [0.25, 0.3) is 0 Å². The summed E-state index contributed by atoms with van der Waals surface area (Å²) in [6, 6.07) is 5.53. The zero-order valence-corrected chi connectivity index (χ0v) is 13.8. The molecule has 0 aromatic carbocycles. The van der Waals surface area contributed by atoms with Crippen LogP contribution in [0, 0.1) is 0 Å². The molecule has 0 aliphatic carbocycles. The fraction of sp³-hybridized carbons (Fsp3) is 0.562. The highest BCUT2D eigenvalue weighted by Crippen LogP contribution is 2.42. The second-order valence-corrected chi connectivity index (χ2v) is 6.78. The van der Waals surface area contributed by atoms with Crippen molar-refractivity contribution in [2.45, 2.75) is 31.3 Å². The van der Waals surface area contributed by atoms with Crippen molar-refractivity contribution in [2.75, 3.05) is 26.7 Å². The summed E-state index contributed by atoms with van der Waals surface area (Å²) in [5.41, 5.74) is 1.25. The number of fused-ring (bicyclic) bond motifs is 1. The van der Waals surface area contributed by atoms with Gasteiger partial charge in [-0.25, -0.2) is 0 Å². The average molecular weight is 336 g/mol. The monoisotopic (exact) mass is 335 g/mol. The summed E-state index contributed by atoms with van der Waals surface area (Å²) >= 11 is 3.48. The molecule has 0 radical (unpaired) electrons. The first kappa shape index (κ1) is 14.2. The molecule has 0 amide bonds. The van der Waals surface area contributed by atoms with Gasteiger partial charge >= 0.3 is 0 Å². The molecule has 0 saturated carbocycles. The predicted molar refractivity (Wildman–Crippen MR) is 85.9 cm³/mol. The van der Waals surface area contributed by atoms with Crippen LogP contribution in [-0.4, -0.2) is 53.5 Å². The second kappa shape index (κ2) is 5.96. The Bertz CT molecular complexity index is 485. The van der Waals surface area contributed by atoms with Crippen molar-refractivity contribution in [3.63, 3.8) is 0 Å². The quantitative estimate of drug-likeness (QED) is 0.774. The van der Waals surface area contributed by atoms with Crippen LogP contribution in [0.4, 0.5) is 0 Å². The number of likely N-dealkylation sites (N-methyl/N-ethyl adjacent to an activating group) is 1. The van der Waals surface area contributed by atoms with E-state index < -0.39 is 0 Å². The summed E-state index contributed by atoms with van der Waals surface area (Å²) in [5, 5.41) is 0. The third-order valence-corrected chi connectivity index (χ3v) is 5.06. The van der Waals surface area contributed by atoms with Crippen molar-refractivity contribution < 1.29 is 0 Å². The summed E-state index contributed by atoms with van der Waals surface area (Å²) < 4.78 is 1.06. The minimum atomic E-state index is 0.571. The maximum absolute atomic E-state index is 4.66. The van der Waals surface area contributed by atoms with Crippen molar-refractivity contribution in [3.8, 4) is 0 Å². The van der Waals surface area contributed by atoms with E-state index in [1.54, 1.807) is 0 Å². The van der Waals surface area contributed by atoms with Gasteiger partial charge in [-0.05, 0) is 41.5 Å². The zero-order chi connectivity index (χ0) is 14.1. The number of pyridine rings is 1. The SMILES string of the molecule is CC[C@@H]1[C@H](c2ccc(Br)cn2)C2CN(C)C/C=C\CN21. The minimum Gasteiger partial charge on any atom is -0.301 e. The first-order valence-electron chi connectivity index (χ1n) is 7.41. The molecule has 3 atom stereocenters. The highest BCUT2D eigenvalue weighted by atomic mass is 79.9. The van der Waals surface area contributed by atoms with Crippen LogP contribution in [0.15, 0.2) is 35.0 Å². The van der Waals surface area contributed by atoms with E-state index in [2.05, 4.69) is 69.0 Å². The van der Waals surface area contributed by atoms with Gasteiger partial charge < -0.3 is 4.90 Å². The van der Waals surface area contributed by atoms with Crippen LogP contribution in [0.2, 0.25) is 0 Å². The Morgan fingerprint density at radius 1 is 1.30 bits per heavy atom. The summed E-state index contributed by atoms with van der Waals surface area (Å²) in [4.78, 5) is 9.71. The van der Waals surface area contributed by atoms with E-state index in [-0.39, 0.29) is 0 Å². The Balaban J connectivity index is 1.86. The third kappa shape index (κ3) is 2.57. The lowest BCUT2D eigenvalue weighted by atomic mass is 9.75. The van der Waals surface area contributed by atoms with Crippen molar-refractivity contribution in [2.24, 2.45) is 0 Å². The van der Waals surface area contributed by atoms with E-state index in [0.717, 1.165) is 24.1 Å². The van der Waals surface area contributed by atoms with Gasteiger partial charge in [-0.3, -0.25) is 9.88 Å². The van der Waals surface area contributed by atoms with Gasteiger partial charge in [0.2, 0.25) is 0 Å².